The lowest BCUT2D eigenvalue weighted by atomic mass is 10.1. The molecule has 2 nitrogen and oxygen atoms in total. The van der Waals surface area contributed by atoms with Crippen LogP contribution in [0.5, 0.6) is 0 Å². The second-order valence-electron chi connectivity index (χ2n) is 2.72. The summed E-state index contributed by atoms with van der Waals surface area (Å²) in [6, 6.07) is 1.86. The number of rotatable bonds is 3. The normalized spacial score (nSPS) is 10.4. The lowest BCUT2D eigenvalue weighted by molar-refractivity contribution is 0.150. The van der Waals surface area contributed by atoms with Crippen LogP contribution in [0.3, 0.4) is 0 Å². The first-order valence-corrected chi connectivity index (χ1v) is 5.60. The van der Waals surface area contributed by atoms with Crippen molar-refractivity contribution >= 4 is 34.2 Å². The van der Waals surface area contributed by atoms with Crippen molar-refractivity contribution in [1.29, 1.82) is 5.26 Å². The monoisotopic (exact) mass is 342 g/mol. The van der Waals surface area contributed by atoms with Crippen LogP contribution in [0.15, 0.2) is 6.20 Å². The fraction of sp³-hybridized carbons (Fsp3) is 0.333. The fourth-order valence-corrected chi connectivity index (χ4v) is 2.38. The maximum absolute atomic E-state index is 12.6. The second kappa shape index (κ2) is 5.56. The van der Waals surface area contributed by atoms with Gasteiger partial charge in [0.2, 0.25) is 0 Å². The molecule has 0 radical (unpaired) electrons. The summed E-state index contributed by atoms with van der Waals surface area (Å²) in [6.07, 6.45) is -1.57. The third kappa shape index (κ3) is 2.75. The van der Waals surface area contributed by atoms with E-state index in [9.17, 15) is 8.78 Å². The van der Waals surface area contributed by atoms with Crippen molar-refractivity contribution in [2.75, 3.05) is 0 Å². The summed E-state index contributed by atoms with van der Waals surface area (Å²) < 4.78 is 25.7. The summed E-state index contributed by atoms with van der Waals surface area (Å²) in [4.78, 5) is 3.83. The van der Waals surface area contributed by atoms with Crippen molar-refractivity contribution in [1.82, 2.24) is 4.98 Å². The molecule has 80 valence electrons. The largest absolute Gasteiger partial charge is 0.265 e. The van der Waals surface area contributed by atoms with Gasteiger partial charge in [0.15, 0.2) is 0 Å². The van der Waals surface area contributed by atoms with Gasteiger partial charge in [-0.2, -0.15) is 5.26 Å². The SMILES string of the molecule is N#CCc1c(C(F)F)cnc(CCl)c1I. The van der Waals surface area contributed by atoms with Crippen LogP contribution in [0.2, 0.25) is 0 Å². The van der Waals surface area contributed by atoms with E-state index in [-0.39, 0.29) is 17.9 Å². The van der Waals surface area contributed by atoms with Crippen LogP contribution >= 0.6 is 34.2 Å². The molecule has 1 rings (SSSR count). The molecule has 0 atom stereocenters. The zero-order valence-corrected chi connectivity index (χ0v) is 10.4. The molecule has 15 heavy (non-hydrogen) atoms. The smallest absolute Gasteiger partial charge is 0.258 e. The molecule has 1 aromatic rings. The molecule has 6 heteroatoms. The van der Waals surface area contributed by atoms with Crippen molar-refractivity contribution < 1.29 is 8.78 Å². The van der Waals surface area contributed by atoms with Crippen LogP contribution in [0.25, 0.3) is 0 Å². The van der Waals surface area contributed by atoms with E-state index in [4.69, 9.17) is 16.9 Å². The fourth-order valence-electron chi connectivity index (χ4n) is 1.12. The number of nitrogens with zero attached hydrogens (tertiary/aromatic N) is 2. The molecular formula is C9H6ClF2IN2. The Morgan fingerprint density at radius 3 is 2.73 bits per heavy atom. The van der Waals surface area contributed by atoms with Gasteiger partial charge in [-0.3, -0.25) is 4.98 Å². The van der Waals surface area contributed by atoms with Gasteiger partial charge in [-0.15, -0.1) is 11.6 Å². The van der Waals surface area contributed by atoms with Crippen LogP contribution in [-0.4, -0.2) is 4.98 Å². The Labute approximate surface area is 104 Å². The Kier molecular flexibility index (Phi) is 4.67. The number of pyridine rings is 1. The molecule has 0 bridgehead atoms. The van der Waals surface area contributed by atoms with E-state index in [0.29, 0.717) is 14.8 Å². The highest BCUT2D eigenvalue weighted by molar-refractivity contribution is 14.1. The summed E-state index contributed by atoms with van der Waals surface area (Å²) in [5.74, 6) is 0.153. The first-order valence-electron chi connectivity index (χ1n) is 3.99. The number of aromatic nitrogens is 1. The second-order valence-corrected chi connectivity index (χ2v) is 4.07. The predicted molar refractivity (Wildman–Crippen MR) is 60.8 cm³/mol. The quantitative estimate of drug-likeness (QED) is 0.623. The van der Waals surface area contributed by atoms with Gasteiger partial charge >= 0.3 is 0 Å². The van der Waals surface area contributed by atoms with E-state index in [2.05, 4.69) is 4.98 Å². The predicted octanol–water partition coefficient (Wildman–Crippen LogP) is 3.43. The number of hydrogen-bond acceptors (Lipinski definition) is 2. The lowest BCUT2D eigenvalue weighted by Crippen LogP contribution is -2.03. The van der Waals surface area contributed by atoms with Crippen LogP contribution < -0.4 is 0 Å². The number of nitriles is 1. The average Bonchev–Trinajstić information content (AvgIpc) is 2.20. The first kappa shape index (κ1) is 12.6. The third-order valence-corrected chi connectivity index (χ3v) is 3.37. The number of halogens is 4. The zero-order chi connectivity index (χ0) is 11.4. The summed E-state index contributed by atoms with van der Waals surface area (Å²) in [5, 5.41) is 8.56. The van der Waals surface area contributed by atoms with Gasteiger partial charge in [0, 0.05) is 15.3 Å². The molecule has 0 aliphatic rings. The summed E-state index contributed by atoms with van der Waals surface area (Å²) in [7, 11) is 0. The van der Waals surface area contributed by atoms with E-state index in [1.807, 2.05) is 28.7 Å². The third-order valence-electron chi connectivity index (χ3n) is 1.84. The van der Waals surface area contributed by atoms with Gasteiger partial charge < -0.3 is 0 Å². The summed E-state index contributed by atoms with van der Waals surface area (Å²) >= 11 is 7.49. The Hall–Kier alpha value is -0.480. The molecule has 0 saturated heterocycles. The van der Waals surface area contributed by atoms with Crippen molar-refractivity contribution in [2.24, 2.45) is 0 Å². The molecule has 1 heterocycles. The average molecular weight is 343 g/mol. The van der Waals surface area contributed by atoms with Crippen LogP contribution in [0, 0.1) is 14.9 Å². The molecule has 1 aromatic heterocycles. The zero-order valence-electron chi connectivity index (χ0n) is 7.48. The highest BCUT2D eigenvalue weighted by atomic mass is 127. The minimum Gasteiger partial charge on any atom is -0.258 e. The van der Waals surface area contributed by atoms with Gasteiger partial charge in [0.1, 0.15) is 0 Å². The van der Waals surface area contributed by atoms with Gasteiger partial charge in [-0.1, -0.05) is 0 Å². The van der Waals surface area contributed by atoms with Crippen LogP contribution in [-0.2, 0) is 12.3 Å². The Morgan fingerprint density at radius 2 is 2.27 bits per heavy atom. The number of hydrogen-bond donors (Lipinski definition) is 0. The molecule has 0 amide bonds. The van der Waals surface area contributed by atoms with E-state index < -0.39 is 6.43 Å². The molecule has 0 spiro atoms. The maximum atomic E-state index is 12.6. The minimum atomic E-state index is -2.61. The molecule has 0 N–H and O–H groups in total. The number of alkyl halides is 3. The highest BCUT2D eigenvalue weighted by Gasteiger charge is 2.18. The first-order chi connectivity index (χ1) is 7.11. The van der Waals surface area contributed by atoms with Gasteiger partial charge in [-0.05, 0) is 28.2 Å². The molecule has 0 fully saturated rings. The minimum absolute atomic E-state index is 0.0512. The van der Waals surface area contributed by atoms with Crippen molar-refractivity contribution in [3.8, 4) is 6.07 Å². The Balaban J connectivity index is 3.32. The van der Waals surface area contributed by atoms with E-state index >= 15 is 0 Å². The summed E-state index contributed by atoms with van der Waals surface area (Å²) in [6.45, 7) is 0. The van der Waals surface area contributed by atoms with Crippen molar-refractivity contribution in [3.63, 3.8) is 0 Å². The van der Waals surface area contributed by atoms with Gasteiger partial charge in [0.05, 0.1) is 24.1 Å². The molecule has 0 aromatic carbocycles. The molecule has 0 aliphatic heterocycles. The molecule has 0 aliphatic carbocycles. The molecule has 0 saturated carbocycles. The molecule has 0 unspecified atom stereocenters. The summed E-state index contributed by atoms with van der Waals surface area (Å²) in [5.41, 5.74) is 0.681. The van der Waals surface area contributed by atoms with E-state index in [0.717, 1.165) is 6.20 Å². The highest BCUT2D eigenvalue weighted by Crippen LogP contribution is 2.28. The Morgan fingerprint density at radius 1 is 1.60 bits per heavy atom. The maximum Gasteiger partial charge on any atom is 0.265 e. The van der Waals surface area contributed by atoms with Crippen molar-refractivity contribution in [3.05, 3.63) is 26.6 Å². The lowest BCUT2D eigenvalue weighted by Gasteiger charge is -2.10. The van der Waals surface area contributed by atoms with Crippen LogP contribution in [0.1, 0.15) is 23.2 Å². The van der Waals surface area contributed by atoms with E-state index in [1.54, 1.807) is 0 Å². The van der Waals surface area contributed by atoms with Crippen molar-refractivity contribution in [2.45, 2.75) is 18.7 Å². The van der Waals surface area contributed by atoms with Gasteiger partial charge in [-0.25, -0.2) is 8.78 Å². The topological polar surface area (TPSA) is 36.7 Å². The van der Waals surface area contributed by atoms with Crippen LogP contribution in [0.4, 0.5) is 8.78 Å². The Bertz CT molecular complexity index is 404. The molecular weight excluding hydrogens is 336 g/mol. The van der Waals surface area contributed by atoms with Gasteiger partial charge in [0.25, 0.3) is 6.43 Å². The standard InChI is InChI=1S/C9H6ClF2IN2/c10-3-7-8(13)5(1-2-14)6(4-15-7)9(11)12/h4,9H,1,3H2. The van der Waals surface area contributed by atoms with E-state index in [1.165, 1.54) is 0 Å².